The molecule has 102 valence electrons. The van der Waals surface area contributed by atoms with E-state index in [1.54, 1.807) is 6.07 Å². The molecule has 2 aromatic rings. The lowest BCUT2D eigenvalue weighted by molar-refractivity contribution is 0.474. The fraction of sp³-hybridized carbons (Fsp3) is 0. The van der Waals surface area contributed by atoms with Gasteiger partial charge in [-0.05, 0) is 36.4 Å². The van der Waals surface area contributed by atoms with Gasteiger partial charge in [-0.3, -0.25) is 0 Å². The van der Waals surface area contributed by atoms with E-state index in [9.17, 15) is 12.8 Å². The van der Waals surface area contributed by atoms with Crippen LogP contribution in [0.5, 0.6) is 11.5 Å². The molecule has 0 aliphatic heterocycles. The number of rotatable bonds is 3. The molecule has 0 aliphatic rings. The molecule has 0 bridgehead atoms. The van der Waals surface area contributed by atoms with Crippen LogP contribution in [0.25, 0.3) is 0 Å². The molecule has 0 amide bonds. The zero-order valence-corrected chi connectivity index (χ0v) is 11.5. The van der Waals surface area contributed by atoms with E-state index in [0.717, 1.165) is 6.07 Å². The molecule has 20 heavy (non-hydrogen) atoms. The minimum atomic E-state index is -3.81. The fourth-order valence-electron chi connectivity index (χ4n) is 1.50. The first-order valence-electron chi connectivity index (χ1n) is 5.33. The molecule has 0 saturated carbocycles. The smallest absolute Gasteiger partial charge is 0.261 e. The van der Waals surface area contributed by atoms with Crippen LogP contribution in [0.4, 0.5) is 4.39 Å². The molecule has 4 nitrogen and oxygen atoms in total. The lowest BCUT2D eigenvalue weighted by Gasteiger charge is -2.08. The summed E-state index contributed by atoms with van der Waals surface area (Å²) in [4.78, 5) is -0.0775. The Bertz CT molecular complexity index is 782. The van der Waals surface area contributed by atoms with E-state index < -0.39 is 14.9 Å². The largest absolute Gasteiger partial charge is 0.456 e. The topological polar surface area (TPSA) is 67.2 Å². The van der Waals surface area contributed by atoms with E-state index in [2.05, 4.69) is 0 Å². The summed E-state index contributed by atoms with van der Waals surface area (Å²) in [6.07, 6.45) is 0. The highest BCUT2D eigenvalue weighted by molar-refractivity contribution is 8.13. The van der Waals surface area contributed by atoms with Crippen LogP contribution >= 0.6 is 10.7 Å². The zero-order chi connectivity index (χ0) is 14.8. The molecule has 0 N–H and O–H groups in total. The minimum absolute atomic E-state index is 0.0500. The van der Waals surface area contributed by atoms with Gasteiger partial charge in [-0.25, -0.2) is 12.8 Å². The number of halogens is 2. The Labute approximate surface area is 119 Å². The molecule has 0 aliphatic carbocycles. The van der Waals surface area contributed by atoms with Gasteiger partial charge in [0.2, 0.25) is 0 Å². The van der Waals surface area contributed by atoms with Crippen LogP contribution < -0.4 is 4.74 Å². The number of hydrogen-bond acceptors (Lipinski definition) is 4. The summed E-state index contributed by atoms with van der Waals surface area (Å²) in [6, 6.07) is 10.9. The highest BCUT2D eigenvalue weighted by Gasteiger charge is 2.12. The van der Waals surface area contributed by atoms with Gasteiger partial charge >= 0.3 is 0 Å². The summed E-state index contributed by atoms with van der Waals surface area (Å²) in [5, 5.41) is 8.86. The zero-order valence-electron chi connectivity index (χ0n) is 9.88. The van der Waals surface area contributed by atoms with Crippen LogP contribution in [0.1, 0.15) is 5.56 Å². The van der Waals surface area contributed by atoms with Gasteiger partial charge in [0, 0.05) is 10.7 Å². The van der Waals surface area contributed by atoms with Gasteiger partial charge in [0.15, 0.2) is 0 Å². The Morgan fingerprint density at radius 2 is 1.80 bits per heavy atom. The number of ether oxygens (including phenoxy) is 1. The van der Waals surface area contributed by atoms with Gasteiger partial charge in [0.1, 0.15) is 28.9 Å². The van der Waals surface area contributed by atoms with Crippen LogP contribution in [0.15, 0.2) is 47.4 Å². The summed E-state index contributed by atoms with van der Waals surface area (Å²) in [7, 11) is 1.37. The molecule has 2 aromatic carbocycles. The van der Waals surface area contributed by atoms with Gasteiger partial charge in [-0.2, -0.15) is 5.26 Å². The number of hydrogen-bond donors (Lipinski definition) is 0. The molecule has 0 radical (unpaired) electrons. The van der Waals surface area contributed by atoms with Crippen LogP contribution in [0, 0.1) is 17.1 Å². The molecular formula is C13H7ClFNO3S. The standard InChI is InChI=1S/C13H7ClFNO3S/c14-20(17,18)10-6-4-9(5-7-10)19-13-3-1-2-12(15)11(13)8-16/h1-7H. The van der Waals surface area contributed by atoms with Crippen molar-refractivity contribution in [3.8, 4) is 17.6 Å². The van der Waals surface area contributed by atoms with Gasteiger partial charge in [-0.1, -0.05) is 6.07 Å². The summed E-state index contributed by atoms with van der Waals surface area (Å²) in [6.45, 7) is 0. The SMILES string of the molecule is N#Cc1c(F)cccc1Oc1ccc(S(=O)(=O)Cl)cc1. The van der Waals surface area contributed by atoms with Crippen molar-refractivity contribution < 1.29 is 17.5 Å². The van der Waals surface area contributed by atoms with E-state index in [-0.39, 0.29) is 22.0 Å². The van der Waals surface area contributed by atoms with Crippen molar-refractivity contribution in [2.45, 2.75) is 4.90 Å². The van der Waals surface area contributed by atoms with Crippen LogP contribution in [-0.2, 0) is 9.05 Å². The van der Waals surface area contributed by atoms with Crippen molar-refractivity contribution in [2.24, 2.45) is 0 Å². The quantitative estimate of drug-likeness (QED) is 0.815. The maximum absolute atomic E-state index is 13.4. The van der Waals surface area contributed by atoms with Gasteiger partial charge in [-0.15, -0.1) is 0 Å². The van der Waals surface area contributed by atoms with Crippen LogP contribution in [-0.4, -0.2) is 8.42 Å². The monoisotopic (exact) mass is 311 g/mol. The average Bonchev–Trinajstić information content (AvgIpc) is 2.38. The van der Waals surface area contributed by atoms with Gasteiger partial charge in [0.25, 0.3) is 9.05 Å². The molecule has 0 atom stereocenters. The van der Waals surface area contributed by atoms with Gasteiger partial charge in [0.05, 0.1) is 4.90 Å². The lowest BCUT2D eigenvalue weighted by atomic mass is 10.2. The predicted molar refractivity (Wildman–Crippen MR) is 70.7 cm³/mol. The molecule has 0 heterocycles. The number of nitrogens with zero attached hydrogens (tertiary/aromatic N) is 1. The maximum atomic E-state index is 13.4. The third-order valence-electron chi connectivity index (χ3n) is 2.42. The van der Waals surface area contributed by atoms with Crippen molar-refractivity contribution in [3.05, 3.63) is 53.8 Å². The molecule has 2 rings (SSSR count). The van der Waals surface area contributed by atoms with E-state index in [4.69, 9.17) is 20.7 Å². The minimum Gasteiger partial charge on any atom is -0.456 e. The van der Waals surface area contributed by atoms with Gasteiger partial charge < -0.3 is 4.74 Å². The lowest BCUT2D eigenvalue weighted by Crippen LogP contribution is -1.93. The molecular weight excluding hydrogens is 305 g/mol. The molecule has 0 aromatic heterocycles. The van der Waals surface area contributed by atoms with Crippen molar-refractivity contribution in [1.29, 1.82) is 5.26 Å². The number of benzene rings is 2. The summed E-state index contributed by atoms with van der Waals surface area (Å²) in [5.74, 6) is -0.380. The molecule has 0 unspecified atom stereocenters. The van der Waals surface area contributed by atoms with Crippen molar-refractivity contribution in [3.63, 3.8) is 0 Å². The highest BCUT2D eigenvalue weighted by atomic mass is 35.7. The fourth-order valence-corrected chi connectivity index (χ4v) is 2.26. The van der Waals surface area contributed by atoms with Crippen molar-refractivity contribution in [1.82, 2.24) is 0 Å². The second-order valence-corrected chi connectivity index (χ2v) is 6.30. The summed E-state index contributed by atoms with van der Waals surface area (Å²) in [5.41, 5.74) is -0.221. The molecule has 0 spiro atoms. The van der Waals surface area contributed by atoms with E-state index in [1.807, 2.05) is 0 Å². The Morgan fingerprint density at radius 1 is 1.15 bits per heavy atom. The van der Waals surface area contributed by atoms with E-state index in [1.165, 1.54) is 36.4 Å². The second kappa shape index (κ2) is 5.49. The Hall–Kier alpha value is -2.10. The first-order valence-corrected chi connectivity index (χ1v) is 7.64. The van der Waals surface area contributed by atoms with Crippen LogP contribution in [0.2, 0.25) is 0 Å². The molecule has 0 fully saturated rings. The third kappa shape index (κ3) is 3.07. The Balaban J connectivity index is 2.32. The summed E-state index contributed by atoms with van der Waals surface area (Å²) < 4.78 is 40.9. The van der Waals surface area contributed by atoms with Crippen molar-refractivity contribution >= 4 is 19.7 Å². The predicted octanol–water partition coefficient (Wildman–Crippen LogP) is 3.42. The molecule has 0 saturated heterocycles. The second-order valence-electron chi connectivity index (χ2n) is 3.74. The first-order chi connectivity index (χ1) is 9.41. The highest BCUT2D eigenvalue weighted by Crippen LogP contribution is 2.27. The van der Waals surface area contributed by atoms with E-state index >= 15 is 0 Å². The normalized spacial score (nSPS) is 10.8. The van der Waals surface area contributed by atoms with E-state index in [0.29, 0.717) is 0 Å². The Morgan fingerprint density at radius 3 is 2.35 bits per heavy atom. The Kier molecular flexibility index (Phi) is 3.93. The third-order valence-corrected chi connectivity index (χ3v) is 3.79. The summed E-state index contributed by atoms with van der Waals surface area (Å²) >= 11 is 0. The maximum Gasteiger partial charge on any atom is 0.261 e. The number of nitriles is 1. The van der Waals surface area contributed by atoms with Crippen LogP contribution in [0.3, 0.4) is 0 Å². The molecule has 7 heteroatoms. The first kappa shape index (κ1) is 14.3. The van der Waals surface area contributed by atoms with Crippen molar-refractivity contribution in [2.75, 3.05) is 0 Å². The average molecular weight is 312 g/mol.